The highest BCUT2D eigenvalue weighted by atomic mass is 32.1. The molecule has 0 aliphatic heterocycles. The third kappa shape index (κ3) is 3.86. The molecule has 7 nitrogen and oxygen atoms in total. The number of esters is 1. The van der Waals surface area contributed by atoms with Crippen molar-refractivity contribution in [1.29, 1.82) is 0 Å². The molecule has 30 heavy (non-hydrogen) atoms. The number of hydrogen-bond acceptors (Lipinski definition) is 8. The Morgan fingerprint density at radius 3 is 2.77 bits per heavy atom. The lowest BCUT2D eigenvalue weighted by atomic mass is 10.1. The van der Waals surface area contributed by atoms with Crippen molar-refractivity contribution in [3.8, 4) is 0 Å². The quantitative estimate of drug-likeness (QED) is 0.444. The van der Waals surface area contributed by atoms with Crippen LogP contribution < -0.4 is 11.1 Å². The number of amides is 1. The maximum absolute atomic E-state index is 12.8. The topological polar surface area (TPSA) is 107 Å². The average Bonchev–Trinajstić information content (AvgIpc) is 3.24. The number of aromatic nitrogens is 2. The first-order valence-corrected chi connectivity index (χ1v) is 11.1. The molecule has 0 saturated heterocycles. The zero-order valence-corrected chi connectivity index (χ0v) is 18.4. The minimum Gasteiger partial charge on any atom is -0.466 e. The van der Waals surface area contributed by atoms with Crippen LogP contribution in [0.25, 0.3) is 21.1 Å². The van der Waals surface area contributed by atoms with E-state index in [1.807, 2.05) is 19.9 Å². The summed E-state index contributed by atoms with van der Waals surface area (Å²) < 4.78 is 4.92. The molecular weight excluding hydrogens is 420 g/mol. The van der Waals surface area contributed by atoms with Gasteiger partial charge in [0.25, 0.3) is 5.91 Å². The molecule has 0 spiro atoms. The van der Waals surface area contributed by atoms with Crippen molar-refractivity contribution in [1.82, 2.24) is 9.97 Å². The highest BCUT2D eigenvalue weighted by Crippen LogP contribution is 2.36. The number of aryl methyl sites for hydroxylation is 2. The Hall–Kier alpha value is -3.04. The average molecular weight is 441 g/mol. The smallest absolute Gasteiger partial charge is 0.311 e. The van der Waals surface area contributed by atoms with Crippen LogP contribution in [-0.4, -0.2) is 28.5 Å². The molecule has 0 fully saturated rings. The minimum absolute atomic E-state index is 0.0700. The number of thiophene rings is 1. The van der Waals surface area contributed by atoms with E-state index < -0.39 is 0 Å². The van der Waals surface area contributed by atoms with Crippen LogP contribution in [0.5, 0.6) is 0 Å². The van der Waals surface area contributed by atoms with Crippen LogP contribution in [0, 0.1) is 13.8 Å². The molecule has 0 unspecified atom stereocenters. The van der Waals surface area contributed by atoms with Crippen LogP contribution in [-0.2, 0) is 16.0 Å². The number of hydrogen-bond donors (Lipinski definition) is 2. The van der Waals surface area contributed by atoms with Crippen LogP contribution in [0.1, 0.15) is 33.4 Å². The zero-order chi connectivity index (χ0) is 21.4. The van der Waals surface area contributed by atoms with Gasteiger partial charge in [0.05, 0.1) is 29.9 Å². The summed E-state index contributed by atoms with van der Waals surface area (Å²) >= 11 is 2.51. The molecule has 0 aliphatic rings. The van der Waals surface area contributed by atoms with Crippen molar-refractivity contribution in [3.05, 3.63) is 45.3 Å². The highest BCUT2D eigenvalue weighted by Gasteiger charge is 2.20. The molecule has 0 aliphatic carbocycles. The van der Waals surface area contributed by atoms with Gasteiger partial charge in [-0.2, -0.15) is 0 Å². The molecule has 4 rings (SSSR count). The van der Waals surface area contributed by atoms with Gasteiger partial charge >= 0.3 is 5.97 Å². The second kappa shape index (κ2) is 8.00. The molecule has 3 N–H and O–H groups in total. The van der Waals surface area contributed by atoms with Gasteiger partial charge in [0, 0.05) is 16.2 Å². The number of anilines is 2. The number of fused-ring (bicyclic) bond motifs is 2. The SMILES string of the molecule is CCOC(=O)Cc1csc(NC(=O)c2sc3nc4c(C)cc(C)cc4cc3c2N)n1. The summed E-state index contributed by atoms with van der Waals surface area (Å²) in [6.07, 6.45) is 0.0700. The predicted molar refractivity (Wildman–Crippen MR) is 121 cm³/mol. The predicted octanol–water partition coefficient (Wildman–Crippen LogP) is 4.46. The summed E-state index contributed by atoms with van der Waals surface area (Å²) in [6.45, 7) is 6.13. The number of benzene rings is 1. The fourth-order valence-corrected chi connectivity index (χ4v) is 4.99. The van der Waals surface area contributed by atoms with Gasteiger partial charge in [-0.1, -0.05) is 11.6 Å². The zero-order valence-electron chi connectivity index (χ0n) is 16.7. The van der Waals surface area contributed by atoms with Gasteiger partial charge in [-0.05, 0) is 38.5 Å². The van der Waals surface area contributed by atoms with Crippen LogP contribution in [0.4, 0.5) is 10.8 Å². The molecule has 3 aromatic heterocycles. The molecule has 0 atom stereocenters. The fourth-order valence-electron chi connectivity index (χ4n) is 3.31. The molecular formula is C21H20N4O3S2. The number of rotatable bonds is 5. The van der Waals surface area contributed by atoms with Gasteiger partial charge in [0.1, 0.15) is 9.71 Å². The summed E-state index contributed by atoms with van der Waals surface area (Å²) in [5.41, 5.74) is 10.4. The molecule has 0 radical (unpaired) electrons. The summed E-state index contributed by atoms with van der Waals surface area (Å²) in [4.78, 5) is 34.5. The van der Waals surface area contributed by atoms with E-state index in [1.54, 1.807) is 12.3 Å². The molecule has 1 amide bonds. The molecule has 3 heterocycles. The highest BCUT2D eigenvalue weighted by molar-refractivity contribution is 7.21. The first kappa shape index (κ1) is 20.2. The number of ether oxygens (including phenoxy) is 1. The van der Waals surface area contributed by atoms with Crippen LogP contribution >= 0.6 is 22.7 Å². The third-order valence-electron chi connectivity index (χ3n) is 4.56. The van der Waals surface area contributed by atoms with Crippen molar-refractivity contribution in [2.45, 2.75) is 27.2 Å². The summed E-state index contributed by atoms with van der Waals surface area (Å²) in [7, 11) is 0. The van der Waals surface area contributed by atoms with E-state index in [9.17, 15) is 9.59 Å². The maximum Gasteiger partial charge on any atom is 0.311 e. The van der Waals surface area contributed by atoms with Gasteiger partial charge < -0.3 is 10.5 Å². The lowest BCUT2D eigenvalue weighted by Crippen LogP contribution is -2.12. The van der Waals surface area contributed by atoms with Gasteiger partial charge in [0.15, 0.2) is 5.13 Å². The summed E-state index contributed by atoms with van der Waals surface area (Å²) in [5, 5.41) is 6.66. The number of nitrogens with two attached hydrogens (primary N) is 1. The fraction of sp³-hybridized carbons (Fsp3) is 0.238. The molecule has 0 saturated carbocycles. The van der Waals surface area contributed by atoms with Crippen LogP contribution in [0.3, 0.4) is 0 Å². The maximum atomic E-state index is 12.8. The van der Waals surface area contributed by atoms with E-state index in [4.69, 9.17) is 15.5 Å². The van der Waals surface area contributed by atoms with Gasteiger partial charge in [-0.3, -0.25) is 14.9 Å². The number of carbonyl (C=O) groups is 2. The van der Waals surface area contributed by atoms with E-state index in [0.717, 1.165) is 32.2 Å². The lowest BCUT2D eigenvalue weighted by molar-refractivity contribution is -0.142. The largest absolute Gasteiger partial charge is 0.466 e. The van der Waals surface area contributed by atoms with Crippen LogP contribution in [0.2, 0.25) is 0 Å². The number of nitrogen functional groups attached to an aromatic ring is 1. The molecule has 9 heteroatoms. The number of nitrogens with one attached hydrogen (secondary N) is 1. The second-order valence-corrected chi connectivity index (χ2v) is 8.78. The Balaban J connectivity index is 1.61. The van der Waals surface area contributed by atoms with Crippen molar-refractivity contribution in [2.24, 2.45) is 0 Å². The van der Waals surface area contributed by atoms with Crippen molar-refractivity contribution < 1.29 is 14.3 Å². The van der Waals surface area contributed by atoms with Crippen molar-refractivity contribution in [2.75, 3.05) is 17.7 Å². The molecule has 1 aromatic carbocycles. The van der Waals surface area contributed by atoms with E-state index in [2.05, 4.69) is 22.4 Å². The van der Waals surface area contributed by atoms with Crippen LogP contribution in [0.15, 0.2) is 23.6 Å². The Bertz CT molecular complexity index is 1290. The van der Waals surface area contributed by atoms with E-state index in [1.165, 1.54) is 22.7 Å². The van der Waals surface area contributed by atoms with E-state index >= 15 is 0 Å². The van der Waals surface area contributed by atoms with Crippen molar-refractivity contribution in [3.63, 3.8) is 0 Å². The van der Waals surface area contributed by atoms with Gasteiger partial charge in [-0.25, -0.2) is 9.97 Å². The first-order valence-electron chi connectivity index (χ1n) is 9.37. The number of thiazole rings is 1. The van der Waals surface area contributed by atoms with E-state index in [0.29, 0.717) is 28.0 Å². The Kier molecular flexibility index (Phi) is 5.40. The van der Waals surface area contributed by atoms with E-state index in [-0.39, 0.29) is 18.3 Å². The number of carbonyl (C=O) groups excluding carboxylic acids is 2. The standard InChI is InChI=1S/C21H20N4O3S2/c1-4-28-15(26)8-13-9-29-21(23-13)25-19(27)18-16(22)14-7-12-6-10(2)5-11(3)17(12)24-20(14)30-18/h5-7,9H,4,8,22H2,1-3H3,(H,23,25,27). The normalized spacial score (nSPS) is 11.2. The van der Waals surface area contributed by atoms with Gasteiger partial charge in [-0.15, -0.1) is 22.7 Å². The summed E-state index contributed by atoms with van der Waals surface area (Å²) in [6, 6.07) is 6.13. The Labute approximate surface area is 180 Å². The molecule has 0 bridgehead atoms. The lowest BCUT2D eigenvalue weighted by Gasteiger charge is -2.04. The third-order valence-corrected chi connectivity index (χ3v) is 6.48. The van der Waals surface area contributed by atoms with Crippen molar-refractivity contribution >= 4 is 66.5 Å². The molecule has 154 valence electrons. The number of pyridine rings is 1. The Morgan fingerprint density at radius 1 is 1.20 bits per heavy atom. The Morgan fingerprint density at radius 2 is 2.00 bits per heavy atom. The monoisotopic (exact) mass is 440 g/mol. The summed E-state index contributed by atoms with van der Waals surface area (Å²) in [5.74, 6) is -0.692. The molecule has 4 aromatic rings. The van der Waals surface area contributed by atoms with Gasteiger partial charge in [0.2, 0.25) is 0 Å². The first-order chi connectivity index (χ1) is 14.4. The second-order valence-electron chi connectivity index (χ2n) is 6.92. The minimum atomic E-state index is -0.349. The number of nitrogens with zero attached hydrogens (tertiary/aromatic N) is 2.